The molecule has 3 rings (SSSR count). The van der Waals surface area contributed by atoms with Crippen LogP contribution in [0.15, 0.2) is 71.6 Å². The van der Waals surface area contributed by atoms with Gasteiger partial charge in [-0.1, -0.05) is 17.7 Å². The van der Waals surface area contributed by atoms with Gasteiger partial charge < -0.3 is 15.4 Å². The largest absolute Gasteiger partial charge is 0.494 e. The average molecular weight is 496 g/mol. The van der Waals surface area contributed by atoms with Crippen molar-refractivity contribution in [2.45, 2.75) is 32.2 Å². The van der Waals surface area contributed by atoms with Crippen LogP contribution in [0.5, 0.6) is 5.75 Å². The predicted octanol–water partition coefficient (Wildman–Crippen LogP) is 4.43. The molecule has 0 atom stereocenters. The number of nitrogens with one attached hydrogen (secondary N) is 2. The van der Waals surface area contributed by atoms with Crippen LogP contribution in [0.2, 0.25) is 0 Å². The Kier molecular flexibility index (Phi) is 8.26. The van der Waals surface area contributed by atoms with Crippen LogP contribution >= 0.6 is 0 Å². The smallest absolute Gasteiger partial charge is 0.255 e. The molecule has 0 bridgehead atoms. The van der Waals surface area contributed by atoms with Gasteiger partial charge in [0.15, 0.2) is 0 Å². The van der Waals surface area contributed by atoms with Gasteiger partial charge in [0.1, 0.15) is 5.75 Å². The fourth-order valence-corrected chi connectivity index (χ4v) is 4.55. The zero-order valence-electron chi connectivity index (χ0n) is 20.2. The van der Waals surface area contributed by atoms with Crippen LogP contribution in [-0.2, 0) is 21.4 Å². The molecule has 2 amide bonds. The summed E-state index contributed by atoms with van der Waals surface area (Å²) < 4.78 is 33.0. The summed E-state index contributed by atoms with van der Waals surface area (Å²) in [6, 6.07) is 18.3. The monoisotopic (exact) mass is 495 g/mol. The van der Waals surface area contributed by atoms with Gasteiger partial charge in [0, 0.05) is 43.0 Å². The second kappa shape index (κ2) is 11.2. The minimum Gasteiger partial charge on any atom is -0.494 e. The zero-order chi connectivity index (χ0) is 25.6. The van der Waals surface area contributed by atoms with E-state index in [0.717, 1.165) is 5.56 Å². The number of benzene rings is 3. The number of amides is 2. The molecule has 3 aromatic carbocycles. The molecule has 0 saturated heterocycles. The summed E-state index contributed by atoms with van der Waals surface area (Å²) in [5.41, 5.74) is 3.07. The molecule has 0 unspecified atom stereocenters. The molecule has 184 valence electrons. The Morgan fingerprint density at radius 2 is 1.51 bits per heavy atom. The summed E-state index contributed by atoms with van der Waals surface area (Å²) in [5.74, 6) is -0.0293. The Bertz CT molecular complexity index is 1300. The quantitative estimate of drug-likeness (QED) is 0.457. The molecule has 2 N–H and O–H groups in total. The lowest BCUT2D eigenvalue weighted by Crippen LogP contribution is -2.27. The topological polar surface area (TPSA) is 105 Å². The third-order valence-electron chi connectivity index (χ3n) is 5.21. The van der Waals surface area contributed by atoms with Crippen molar-refractivity contribution in [2.75, 3.05) is 24.3 Å². The van der Waals surface area contributed by atoms with Crippen molar-refractivity contribution in [3.63, 3.8) is 0 Å². The van der Waals surface area contributed by atoms with Crippen LogP contribution < -0.4 is 15.4 Å². The Balaban J connectivity index is 1.81. The van der Waals surface area contributed by atoms with E-state index >= 15 is 0 Å². The minimum absolute atomic E-state index is 0.0259. The average Bonchev–Trinajstić information content (AvgIpc) is 2.81. The van der Waals surface area contributed by atoms with Gasteiger partial charge in [-0.05, 0) is 68.4 Å². The molecule has 0 aliphatic heterocycles. The Morgan fingerprint density at radius 3 is 2.09 bits per heavy atom. The number of aryl methyl sites for hydroxylation is 1. The van der Waals surface area contributed by atoms with Crippen LogP contribution in [-0.4, -0.2) is 38.2 Å². The minimum atomic E-state index is -3.73. The molecule has 0 aliphatic rings. The second-order valence-corrected chi connectivity index (χ2v) is 10.1. The van der Waals surface area contributed by atoms with Gasteiger partial charge in [0.2, 0.25) is 15.9 Å². The molecule has 0 heterocycles. The first-order valence-corrected chi connectivity index (χ1v) is 12.5. The molecule has 9 heteroatoms. The van der Waals surface area contributed by atoms with E-state index in [-0.39, 0.29) is 23.3 Å². The first-order chi connectivity index (χ1) is 16.6. The van der Waals surface area contributed by atoms with E-state index in [4.69, 9.17) is 4.74 Å². The SMILES string of the molecule is CCOc1ccc(C(=O)Nc2ccc(NC(C)=O)cc2)cc1CN(C)S(=O)(=O)c1ccc(C)cc1. The van der Waals surface area contributed by atoms with Crippen molar-refractivity contribution in [1.82, 2.24) is 4.31 Å². The lowest BCUT2D eigenvalue weighted by molar-refractivity contribution is -0.114. The van der Waals surface area contributed by atoms with Crippen LogP contribution in [0.3, 0.4) is 0 Å². The number of carbonyl (C=O) groups excluding carboxylic acids is 2. The van der Waals surface area contributed by atoms with Gasteiger partial charge in [-0.15, -0.1) is 0 Å². The van der Waals surface area contributed by atoms with Crippen molar-refractivity contribution in [3.05, 3.63) is 83.4 Å². The third-order valence-corrected chi connectivity index (χ3v) is 7.03. The van der Waals surface area contributed by atoms with E-state index in [1.807, 2.05) is 13.8 Å². The molecule has 3 aromatic rings. The van der Waals surface area contributed by atoms with Gasteiger partial charge in [-0.2, -0.15) is 4.31 Å². The molecule has 8 nitrogen and oxygen atoms in total. The number of anilines is 2. The maximum absolute atomic E-state index is 13.1. The van der Waals surface area contributed by atoms with E-state index in [1.165, 1.54) is 18.3 Å². The Hall–Kier alpha value is -3.69. The Labute approximate surface area is 206 Å². The van der Waals surface area contributed by atoms with E-state index in [1.54, 1.807) is 66.7 Å². The zero-order valence-corrected chi connectivity index (χ0v) is 21.0. The molecule has 0 aromatic heterocycles. The molecule has 0 radical (unpaired) electrons. The summed E-state index contributed by atoms with van der Waals surface area (Å²) in [4.78, 5) is 24.2. The predicted molar refractivity (Wildman–Crippen MR) is 136 cm³/mol. The summed E-state index contributed by atoms with van der Waals surface area (Å²) in [5, 5.41) is 5.48. The second-order valence-electron chi connectivity index (χ2n) is 8.04. The summed E-state index contributed by atoms with van der Waals surface area (Å²) >= 11 is 0. The summed E-state index contributed by atoms with van der Waals surface area (Å²) in [6.07, 6.45) is 0. The van der Waals surface area contributed by atoms with Crippen molar-refractivity contribution in [1.29, 1.82) is 0 Å². The Morgan fingerprint density at radius 1 is 0.914 bits per heavy atom. The van der Waals surface area contributed by atoms with Gasteiger partial charge >= 0.3 is 0 Å². The molecular formula is C26H29N3O5S. The van der Waals surface area contributed by atoms with Crippen LogP contribution in [0.25, 0.3) is 0 Å². The lowest BCUT2D eigenvalue weighted by Gasteiger charge is -2.20. The highest BCUT2D eigenvalue weighted by molar-refractivity contribution is 7.89. The van der Waals surface area contributed by atoms with Crippen LogP contribution in [0.1, 0.15) is 35.3 Å². The van der Waals surface area contributed by atoms with E-state index < -0.39 is 10.0 Å². The van der Waals surface area contributed by atoms with E-state index in [0.29, 0.717) is 34.9 Å². The van der Waals surface area contributed by atoms with Crippen LogP contribution in [0, 0.1) is 6.92 Å². The molecule has 0 fully saturated rings. The molecule has 0 saturated carbocycles. The van der Waals surface area contributed by atoms with E-state index in [2.05, 4.69) is 10.6 Å². The first-order valence-electron chi connectivity index (χ1n) is 11.1. The molecule has 35 heavy (non-hydrogen) atoms. The van der Waals surface area contributed by atoms with Crippen molar-refractivity contribution in [2.24, 2.45) is 0 Å². The van der Waals surface area contributed by atoms with Crippen molar-refractivity contribution >= 4 is 33.2 Å². The molecular weight excluding hydrogens is 466 g/mol. The normalized spacial score (nSPS) is 11.2. The highest BCUT2D eigenvalue weighted by Crippen LogP contribution is 2.25. The molecule has 0 spiro atoms. The number of hydrogen-bond donors (Lipinski definition) is 2. The third kappa shape index (κ3) is 6.68. The summed E-state index contributed by atoms with van der Waals surface area (Å²) in [7, 11) is -2.24. The lowest BCUT2D eigenvalue weighted by atomic mass is 10.1. The highest BCUT2D eigenvalue weighted by atomic mass is 32.2. The van der Waals surface area contributed by atoms with Gasteiger partial charge in [-0.3, -0.25) is 9.59 Å². The maximum atomic E-state index is 13.1. The van der Waals surface area contributed by atoms with Crippen molar-refractivity contribution in [3.8, 4) is 5.75 Å². The highest BCUT2D eigenvalue weighted by Gasteiger charge is 2.23. The standard InChI is InChI=1S/C26H29N3O5S/c1-5-34-25-15-8-20(26(31)28-23-11-9-22(10-12-23)27-19(3)30)16-21(25)17-29(4)35(32,33)24-13-6-18(2)7-14-24/h6-16H,5,17H2,1-4H3,(H,27,30)(H,28,31). The first kappa shape index (κ1) is 25.9. The number of rotatable bonds is 9. The summed E-state index contributed by atoms with van der Waals surface area (Å²) in [6.45, 7) is 5.57. The number of carbonyl (C=O) groups is 2. The fourth-order valence-electron chi connectivity index (χ4n) is 3.40. The van der Waals surface area contributed by atoms with Gasteiger partial charge in [-0.25, -0.2) is 8.42 Å². The maximum Gasteiger partial charge on any atom is 0.255 e. The van der Waals surface area contributed by atoms with E-state index in [9.17, 15) is 18.0 Å². The van der Waals surface area contributed by atoms with Gasteiger partial charge in [0.05, 0.1) is 11.5 Å². The fraction of sp³-hybridized carbons (Fsp3) is 0.231. The number of ether oxygens (including phenoxy) is 1. The van der Waals surface area contributed by atoms with Gasteiger partial charge in [0.25, 0.3) is 5.91 Å². The number of hydrogen-bond acceptors (Lipinski definition) is 5. The van der Waals surface area contributed by atoms with Crippen molar-refractivity contribution < 1.29 is 22.7 Å². The van der Waals surface area contributed by atoms with Crippen LogP contribution in [0.4, 0.5) is 11.4 Å². The number of sulfonamides is 1. The molecule has 0 aliphatic carbocycles. The number of nitrogens with zero attached hydrogens (tertiary/aromatic N) is 1.